The van der Waals surface area contributed by atoms with Crippen LogP contribution in [0.5, 0.6) is 0 Å². The van der Waals surface area contributed by atoms with E-state index in [4.69, 9.17) is 0 Å². The van der Waals surface area contributed by atoms with Crippen LogP contribution in [0, 0.1) is 6.92 Å². The molecule has 8 aromatic rings. The lowest BCUT2D eigenvalue weighted by Gasteiger charge is -2.05. The fraction of sp³-hybridized carbons (Fsp3) is 0.507. The molecule has 0 unspecified atom stereocenters. The molecule has 0 amide bonds. The van der Waals surface area contributed by atoms with Crippen molar-refractivity contribution >= 4 is 121 Å². The van der Waals surface area contributed by atoms with Gasteiger partial charge in [0, 0.05) is 29.3 Å². The molecule has 0 radical (unpaired) electrons. The average molecular weight is 1110 g/mol. The molecule has 2 aromatic carbocycles. The maximum Gasteiger partial charge on any atom is 0.0651 e. The van der Waals surface area contributed by atoms with Crippen molar-refractivity contribution < 1.29 is 0 Å². The van der Waals surface area contributed by atoms with Crippen LogP contribution in [0.25, 0.3) is 72.0 Å². The summed E-state index contributed by atoms with van der Waals surface area (Å²) in [5, 5.41) is 0. The standard InChI is InChI=1S/C69H90S6/c1-4-6-8-10-12-14-16-18-20-22-24-26-28-30-35-39-58-62(60-51-49-56(70-60)47-45-54-37-33-32-34-38-54)72-66-64(58)74-69-67-65(75-68(66)69)59(40-36-31-29-27-25-23-21-19-17-15-13-11-9-7-5-2)63(73-67)61-52-50-57(71-61)48-46-55-43-41-53(3)42-44-55/h32-34,37-38,41-52H,4-31,35-36,39-40H2,1-3H3/b47-45+,48-46+. The Morgan fingerprint density at radius 2 is 0.627 bits per heavy atom. The summed E-state index contributed by atoms with van der Waals surface area (Å²) < 4.78 is 9.40. The number of fused-ring (bicyclic) bond motifs is 5. The van der Waals surface area contributed by atoms with E-state index in [9.17, 15) is 0 Å². The van der Waals surface area contributed by atoms with Crippen molar-refractivity contribution in [1.82, 2.24) is 0 Å². The average Bonchev–Trinajstić information content (AvgIpc) is 4.31. The maximum absolute atomic E-state index is 2.42. The van der Waals surface area contributed by atoms with E-state index >= 15 is 0 Å². The van der Waals surface area contributed by atoms with Gasteiger partial charge in [0.2, 0.25) is 0 Å². The minimum Gasteiger partial charge on any atom is -0.135 e. The van der Waals surface area contributed by atoms with E-state index in [1.807, 2.05) is 22.7 Å². The fourth-order valence-electron chi connectivity index (χ4n) is 10.9. The van der Waals surface area contributed by atoms with Crippen LogP contribution < -0.4 is 0 Å². The van der Waals surface area contributed by atoms with Crippen molar-refractivity contribution in [2.45, 2.75) is 226 Å². The van der Waals surface area contributed by atoms with Crippen LogP contribution in [-0.2, 0) is 12.8 Å². The monoisotopic (exact) mass is 1110 g/mol. The Labute approximate surface area is 478 Å². The van der Waals surface area contributed by atoms with Gasteiger partial charge in [-0.3, -0.25) is 0 Å². The molecule has 0 saturated heterocycles. The van der Waals surface area contributed by atoms with E-state index in [0.717, 1.165) is 0 Å². The van der Waals surface area contributed by atoms with E-state index in [1.165, 1.54) is 251 Å². The van der Waals surface area contributed by atoms with Crippen molar-refractivity contribution in [3.63, 3.8) is 0 Å². The normalized spacial score (nSPS) is 12.2. The van der Waals surface area contributed by atoms with Crippen LogP contribution in [-0.4, -0.2) is 0 Å². The zero-order valence-corrected chi connectivity index (χ0v) is 51.3. The van der Waals surface area contributed by atoms with Crippen molar-refractivity contribution in [3.8, 4) is 19.5 Å². The number of unbranched alkanes of at least 4 members (excludes halogenated alkanes) is 28. The summed E-state index contributed by atoms with van der Waals surface area (Å²) in [4.78, 5) is 8.64. The smallest absolute Gasteiger partial charge is 0.0651 e. The van der Waals surface area contributed by atoms with E-state index in [2.05, 4.69) is 169 Å². The molecule has 0 bridgehead atoms. The minimum absolute atomic E-state index is 1.19. The molecule has 0 N–H and O–H groups in total. The molecule has 6 heterocycles. The van der Waals surface area contributed by atoms with Crippen molar-refractivity contribution in [3.05, 3.63) is 116 Å². The van der Waals surface area contributed by atoms with Crippen molar-refractivity contribution in [2.75, 3.05) is 0 Å². The number of thiophene rings is 6. The summed E-state index contributed by atoms with van der Waals surface area (Å²) in [6.45, 7) is 6.80. The largest absolute Gasteiger partial charge is 0.135 e. The molecule has 0 aliphatic carbocycles. The van der Waals surface area contributed by atoms with E-state index in [0.29, 0.717) is 0 Å². The number of benzene rings is 2. The molecular weight excluding hydrogens is 1020 g/mol. The third-order valence-electron chi connectivity index (χ3n) is 15.5. The van der Waals surface area contributed by atoms with Gasteiger partial charge in [-0.25, -0.2) is 0 Å². The molecule has 0 aliphatic rings. The van der Waals surface area contributed by atoms with E-state index < -0.39 is 0 Å². The zero-order valence-electron chi connectivity index (χ0n) is 46.4. The molecule has 6 aromatic heterocycles. The molecule has 75 heavy (non-hydrogen) atoms. The minimum atomic E-state index is 1.19. The SMILES string of the molecule is CCCCCCCCCCCCCCCCCc1c(-c2ccc(/C=C/c3ccccc3)s2)sc2c1sc1c3sc(-c4ccc(/C=C/c5ccc(C)cc5)s4)c(CCCCCCCCCCCCCCCCC)c3sc21. The molecule has 0 nitrogen and oxygen atoms in total. The summed E-state index contributed by atoms with van der Waals surface area (Å²) in [6.07, 6.45) is 53.8. The Morgan fingerprint density at radius 3 is 1.00 bits per heavy atom. The topological polar surface area (TPSA) is 0 Å². The first-order valence-corrected chi connectivity index (χ1v) is 35.1. The van der Waals surface area contributed by atoms with Gasteiger partial charge in [0.25, 0.3) is 0 Å². The molecule has 8 rings (SSSR count). The second-order valence-corrected chi connectivity index (χ2v) is 28.1. The lowest BCUT2D eigenvalue weighted by molar-refractivity contribution is 0.532. The van der Waals surface area contributed by atoms with Gasteiger partial charge in [0.1, 0.15) is 0 Å². The molecule has 0 saturated carbocycles. The van der Waals surface area contributed by atoms with Crippen LogP contribution in [0.15, 0.2) is 78.9 Å². The zero-order chi connectivity index (χ0) is 51.7. The third-order valence-corrected chi connectivity index (χ3v) is 23.6. The Balaban J connectivity index is 0.961. The molecular formula is C69H90S6. The highest BCUT2D eigenvalue weighted by Gasteiger charge is 2.26. The highest BCUT2D eigenvalue weighted by molar-refractivity contribution is 7.46. The van der Waals surface area contributed by atoms with Crippen LogP contribution in [0.2, 0.25) is 0 Å². The lowest BCUT2D eigenvalue weighted by Crippen LogP contribution is -1.87. The lowest BCUT2D eigenvalue weighted by atomic mass is 10.0. The summed E-state index contributed by atoms with van der Waals surface area (Å²) in [7, 11) is 0. The predicted molar refractivity (Wildman–Crippen MR) is 350 cm³/mol. The van der Waals surface area contributed by atoms with Gasteiger partial charge >= 0.3 is 0 Å². The second-order valence-electron chi connectivity index (χ2n) is 21.8. The maximum atomic E-state index is 2.42. The van der Waals surface area contributed by atoms with Crippen LogP contribution in [0.4, 0.5) is 0 Å². The Bertz CT molecular complexity index is 2880. The van der Waals surface area contributed by atoms with Gasteiger partial charge < -0.3 is 0 Å². The Kier molecular flexibility index (Phi) is 25.3. The second kappa shape index (κ2) is 32.7. The quantitative estimate of drug-likeness (QED) is 0.0338. The molecule has 6 heteroatoms. The van der Waals surface area contributed by atoms with Crippen molar-refractivity contribution in [1.29, 1.82) is 0 Å². The van der Waals surface area contributed by atoms with Crippen LogP contribution in [0.1, 0.15) is 244 Å². The molecule has 0 fully saturated rings. The highest BCUT2D eigenvalue weighted by atomic mass is 32.1. The Hall–Kier alpha value is -3.10. The van der Waals surface area contributed by atoms with E-state index in [1.54, 1.807) is 39.3 Å². The molecule has 0 atom stereocenters. The van der Waals surface area contributed by atoms with Crippen LogP contribution >= 0.6 is 68.0 Å². The van der Waals surface area contributed by atoms with Crippen LogP contribution in [0.3, 0.4) is 0 Å². The first-order valence-electron chi connectivity index (χ1n) is 30.2. The van der Waals surface area contributed by atoms with Gasteiger partial charge in [-0.1, -0.05) is 266 Å². The van der Waals surface area contributed by atoms with Gasteiger partial charge in [-0.15, -0.1) is 68.0 Å². The molecule has 0 aliphatic heterocycles. The summed E-state index contributed by atoms with van der Waals surface area (Å²) >= 11 is 12.4. The molecule has 402 valence electrons. The van der Waals surface area contributed by atoms with Gasteiger partial charge in [0.15, 0.2) is 0 Å². The highest BCUT2D eigenvalue weighted by Crippen LogP contribution is 2.56. The summed E-state index contributed by atoms with van der Waals surface area (Å²) in [5.41, 5.74) is 7.09. The number of aryl methyl sites for hydroxylation is 3. The molecule has 0 spiro atoms. The number of hydrogen-bond donors (Lipinski definition) is 0. The van der Waals surface area contributed by atoms with Gasteiger partial charge in [0.05, 0.1) is 28.2 Å². The summed E-state index contributed by atoms with van der Waals surface area (Å²) in [5.74, 6) is 0. The van der Waals surface area contributed by atoms with E-state index in [-0.39, 0.29) is 0 Å². The fourth-order valence-corrected chi connectivity index (χ4v) is 19.3. The van der Waals surface area contributed by atoms with Crippen molar-refractivity contribution in [2.24, 2.45) is 0 Å². The first-order chi connectivity index (χ1) is 37.1. The number of rotatable bonds is 38. The number of hydrogen-bond acceptors (Lipinski definition) is 6. The third kappa shape index (κ3) is 18.0. The summed E-state index contributed by atoms with van der Waals surface area (Å²) in [6, 6.07) is 29.2. The Morgan fingerprint density at radius 1 is 0.293 bits per heavy atom. The predicted octanol–water partition coefficient (Wildman–Crippen LogP) is 26.3. The first kappa shape index (κ1) is 58.1. The van der Waals surface area contributed by atoms with Gasteiger partial charge in [-0.05, 0) is 91.3 Å². The van der Waals surface area contributed by atoms with Gasteiger partial charge in [-0.2, -0.15) is 0 Å².